The highest BCUT2D eigenvalue weighted by Crippen LogP contribution is 2.34. The number of nitrogens with zero attached hydrogens (tertiary/aromatic N) is 3. The monoisotopic (exact) mass is 430 g/mol. The molecule has 0 spiro atoms. The van der Waals surface area contributed by atoms with Gasteiger partial charge in [0, 0.05) is 6.07 Å². The van der Waals surface area contributed by atoms with E-state index < -0.39 is 34.7 Å². The fraction of sp³-hybridized carbons (Fsp3) is 0.0769. The third kappa shape index (κ3) is 5.12. The lowest BCUT2D eigenvalue weighted by atomic mass is 10.2. The molecule has 1 amide bonds. The van der Waals surface area contributed by atoms with Crippen molar-refractivity contribution < 1.29 is 27.8 Å². The van der Waals surface area contributed by atoms with E-state index in [0.29, 0.717) is 4.31 Å². The van der Waals surface area contributed by atoms with Gasteiger partial charge in [-0.1, -0.05) is 0 Å². The average Bonchev–Trinajstić information content (AvgIpc) is 3.06. The largest absolute Gasteiger partial charge is 0.755 e. The lowest BCUT2D eigenvalue weighted by Gasteiger charge is -2.25. The summed E-state index contributed by atoms with van der Waals surface area (Å²) in [4.78, 5) is 26.5. The minimum atomic E-state index is -2.96. The first-order valence-electron chi connectivity index (χ1n) is 7.18. The predicted octanol–water partition coefficient (Wildman–Crippen LogP) is -0.371. The number of benzene rings is 1. The first kappa shape index (κ1) is 21.0. The van der Waals surface area contributed by atoms with Crippen LogP contribution in [-0.2, 0) is 16.1 Å². The fourth-order valence-corrected chi connectivity index (χ4v) is 3.46. The van der Waals surface area contributed by atoms with Gasteiger partial charge in [-0.3, -0.25) is 18.7 Å². The summed E-state index contributed by atoms with van der Waals surface area (Å²) >= 11 is -2.21. The molecule has 1 heterocycles. The quantitative estimate of drug-likeness (QED) is 0.160. The van der Waals surface area contributed by atoms with E-state index in [4.69, 9.17) is 16.6 Å². The van der Waals surface area contributed by atoms with Gasteiger partial charge < -0.3 is 26.4 Å². The van der Waals surface area contributed by atoms with Crippen molar-refractivity contribution in [3.05, 3.63) is 35.2 Å². The number of nitrogens with one attached hydrogen (secondary N) is 2. The maximum absolute atomic E-state index is 14.3. The van der Waals surface area contributed by atoms with Crippen molar-refractivity contribution in [2.75, 3.05) is 16.2 Å². The van der Waals surface area contributed by atoms with Gasteiger partial charge in [-0.25, -0.2) is 14.2 Å². The molecule has 1 unspecified atom stereocenters. The van der Waals surface area contributed by atoms with Crippen molar-refractivity contribution in [2.45, 2.75) is 0 Å². The van der Waals surface area contributed by atoms with Crippen molar-refractivity contribution in [1.29, 1.82) is 0 Å². The van der Waals surface area contributed by atoms with Crippen LogP contribution < -0.4 is 26.5 Å². The predicted molar refractivity (Wildman–Crippen MR) is 99.0 cm³/mol. The Morgan fingerprint density at radius 1 is 1.43 bits per heavy atom. The maximum atomic E-state index is 14.3. The number of hydrogen-bond donors (Lipinski definition) is 5. The van der Waals surface area contributed by atoms with Crippen LogP contribution >= 0.6 is 11.3 Å². The summed E-state index contributed by atoms with van der Waals surface area (Å²) in [6.07, 6.45) is 0. The number of rotatable bonds is 8. The van der Waals surface area contributed by atoms with Crippen molar-refractivity contribution in [2.24, 2.45) is 16.6 Å². The average molecular weight is 430 g/mol. The molecule has 15 heteroatoms. The summed E-state index contributed by atoms with van der Waals surface area (Å²) in [6, 6.07) is 3.12. The Balaban J connectivity index is 2.24. The van der Waals surface area contributed by atoms with Crippen LogP contribution in [0.15, 0.2) is 28.8 Å². The standard InChI is InChI=1S/C13H14FN7O5S2/c14-7-3-6(1-2-8(7)19-9(22)4-18-20-13(15)16)21(28(25)26)11-10(12(23)24)17-5-27-11/h1-3,5,18H,4H2,(H,19,22)(H,23,24)(H,25,26)(H4,15,16,20)/p-1. The van der Waals surface area contributed by atoms with Crippen molar-refractivity contribution in [3.63, 3.8) is 0 Å². The molecule has 0 saturated heterocycles. The molecule has 0 fully saturated rings. The second-order valence-electron chi connectivity index (χ2n) is 4.91. The van der Waals surface area contributed by atoms with Gasteiger partial charge >= 0.3 is 5.97 Å². The van der Waals surface area contributed by atoms with Gasteiger partial charge in [0.25, 0.3) is 0 Å². The number of aromatic nitrogens is 1. The smallest absolute Gasteiger partial charge is 0.357 e. The van der Waals surface area contributed by atoms with Gasteiger partial charge in [-0.05, 0) is 12.1 Å². The van der Waals surface area contributed by atoms with Crippen molar-refractivity contribution in [3.8, 4) is 0 Å². The van der Waals surface area contributed by atoms with E-state index in [1.54, 1.807) is 0 Å². The number of carbonyl (C=O) groups is 2. The number of anilines is 3. The Hall–Kier alpha value is -3.30. The van der Waals surface area contributed by atoms with E-state index in [0.717, 1.165) is 29.0 Å². The number of carboxylic acids is 1. The Labute approximate surface area is 163 Å². The summed E-state index contributed by atoms with van der Waals surface area (Å²) in [7, 11) is 0. The molecule has 1 aromatic carbocycles. The minimum Gasteiger partial charge on any atom is -0.755 e. The van der Waals surface area contributed by atoms with Crippen LogP contribution in [0.2, 0.25) is 0 Å². The molecule has 7 N–H and O–H groups in total. The molecular weight excluding hydrogens is 417 g/mol. The zero-order chi connectivity index (χ0) is 20.8. The molecular formula is C13H13FN7O5S2-. The number of aromatic carboxylic acids is 1. The number of hydrogen-bond acceptors (Lipinski definition) is 8. The molecule has 0 bridgehead atoms. The van der Waals surface area contributed by atoms with E-state index in [-0.39, 0.29) is 28.9 Å². The van der Waals surface area contributed by atoms with Gasteiger partial charge in [0.15, 0.2) is 5.69 Å². The lowest BCUT2D eigenvalue weighted by Crippen LogP contribution is -2.30. The van der Waals surface area contributed by atoms with Gasteiger partial charge in [-0.2, -0.15) is 0 Å². The van der Waals surface area contributed by atoms with E-state index >= 15 is 0 Å². The number of halogens is 1. The zero-order valence-corrected chi connectivity index (χ0v) is 15.4. The van der Waals surface area contributed by atoms with Gasteiger partial charge in [0.2, 0.25) is 11.9 Å². The highest BCUT2D eigenvalue weighted by atomic mass is 32.2. The normalized spacial score (nSPS) is 11.4. The first-order valence-corrected chi connectivity index (χ1v) is 9.09. The molecule has 12 nitrogen and oxygen atoms in total. The molecule has 2 aromatic rings. The summed E-state index contributed by atoms with van der Waals surface area (Å²) in [5.74, 6) is -3.36. The summed E-state index contributed by atoms with van der Waals surface area (Å²) < 4.78 is 38.1. The molecule has 0 aliphatic carbocycles. The Bertz CT molecular complexity index is 947. The zero-order valence-electron chi connectivity index (χ0n) is 13.8. The highest BCUT2D eigenvalue weighted by molar-refractivity contribution is 7.81. The molecule has 0 aliphatic heterocycles. The molecule has 0 saturated carbocycles. The van der Waals surface area contributed by atoms with Crippen LogP contribution in [-0.4, -0.2) is 43.2 Å². The second-order valence-corrected chi connectivity index (χ2v) is 6.54. The number of guanidine groups is 1. The van der Waals surface area contributed by atoms with Gasteiger partial charge in [0.1, 0.15) is 17.4 Å². The van der Waals surface area contributed by atoms with Crippen LogP contribution in [0, 0.1) is 5.82 Å². The molecule has 0 aliphatic rings. The number of amides is 1. The number of hydrazone groups is 1. The number of carboxylic acid groups (broad SMARTS) is 1. The molecule has 150 valence electrons. The highest BCUT2D eigenvalue weighted by Gasteiger charge is 2.22. The molecule has 0 radical (unpaired) electrons. The fourth-order valence-electron chi connectivity index (χ4n) is 1.93. The third-order valence-corrected chi connectivity index (χ3v) is 4.61. The molecule has 1 atom stereocenters. The first-order chi connectivity index (χ1) is 13.2. The van der Waals surface area contributed by atoms with E-state index in [1.165, 1.54) is 6.07 Å². The van der Waals surface area contributed by atoms with E-state index in [2.05, 4.69) is 20.8 Å². The van der Waals surface area contributed by atoms with Gasteiger partial charge in [0.05, 0.1) is 28.2 Å². The summed E-state index contributed by atoms with van der Waals surface area (Å²) in [5.41, 5.74) is 12.6. The van der Waals surface area contributed by atoms with Crippen LogP contribution in [0.3, 0.4) is 0 Å². The number of thiazole rings is 1. The van der Waals surface area contributed by atoms with Crippen LogP contribution in [0.4, 0.5) is 20.8 Å². The number of carbonyl (C=O) groups excluding carboxylic acids is 1. The Kier molecular flexibility index (Phi) is 6.80. The summed E-state index contributed by atoms with van der Waals surface area (Å²) in [5, 5.41) is 14.5. The molecule has 28 heavy (non-hydrogen) atoms. The van der Waals surface area contributed by atoms with Crippen LogP contribution in [0.25, 0.3) is 0 Å². The molecule has 1 aromatic heterocycles. The molecule has 2 rings (SSSR count). The second kappa shape index (κ2) is 9.07. The van der Waals surface area contributed by atoms with Crippen LogP contribution in [0.1, 0.15) is 10.5 Å². The van der Waals surface area contributed by atoms with Crippen molar-refractivity contribution >= 4 is 56.8 Å². The Morgan fingerprint density at radius 2 is 2.14 bits per heavy atom. The van der Waals surface area contributed by atoms with Crippen molar-refractivity contribution in [1.82, 2.24) is 10.4 Å². The minimum absolute atomic E-state index is 0.186. The maximum Gasteiger partial charge on any atom is 0.357 e. The van der Waals surface area contributed by atoms with E-state index in [9.17, 15) is 22.7 Å². The SMILES string of the molecule is NC(N)=NNCC(=O)Nc1ccc(N(c2scnc2C(=O)O)S(=O)[O-])cc1F. The summed E-state index contributed by atoms with van der Waals surface area (Å²) in [6.45, 7) is -0.349. The van der Waals surface area contributed by atoms with E-state index in [1.807, 2.05) is 0 Å². The lowest BCUT2D eigenvalue weighted by molar-refractivity contribution is -0.115. The van der Waals surface area contributed by atoms with Gasteiger partial charge in [-0.15, -0.1) is 16.4 Å². The topological polar surface area (TPSA) is 199 Å². The number of nitrogens with two attached hydrogens (primary N) is 2. The van der Waals surface area contributed by atoms with Crippen LogP contribution in [0.5, 0.6) is 0 Å². The Morgan fingerprint density at radius 3 is 2.71 bits per heavy atom. The third-order valence-electron chi connectivity index (χ3n) is 2.99.